The van der Waals surface area contributed by atoms with E-state index >= 15 is 0 Å². The molecule has 1 aromatic carbocycles. The molecular weight excluding hydrogens is 197 g/mol. The summed E-state index contributed by atoms with van der Waals surface area (Å²) in [6, 6.07) is 6.78. The Kier molecular flexibility index (Phi) is 3.43. The van der Waals surface area contributed by atoms with Crippen molar-refractivity contribution in [1.29, 1.82) is 0 Å². The highest BCUT2D eigenvalue weighted by Crippen LogP contribution is 2.17. The molecule has 0 unspecified atom stereocenters. The predicted octanol–water partition coefficient (Wildman–Crippen LogP) is 2.28. The van der Waals surface area contributed by atoms with Gasteiger partial charge in [0.05, 0.1) is 0 Å². The topological polar surface area (TPSA) is 12.0 Å². The van der Waals surface area contributed by atoms with E-state index in [1.54, 1.807) is 0 Å². The first-order chi connectivity index (χ1) is 6.84. The maximum absolute atomic E-state index is 12.6. The van der Waals surface area contributed by atoms with Crippen molar-refractivity contribution < 1.29 is 4.39 Å². The first kappa shape index (κ1) is 9.99. The Morgan fingerprint density at radius 2 is 2.00 bits per heavy atom. The van der Waals surface area contributed by atoms with Gasteiger partial charge >= 0.3 is 0 Å². The number of hydrogen-bond donors (Lipinski definition) is 1. The zero-order valence-electron chi connectivity index (χ0n) is 8.00. The minimum atomic E-state index is -0.151. The van der Waals surface area contributed by atoms with Crippen LogP contribution in [0.1, 0.15) is 5.56 Å². The molecule has 0 bridgehead atoms. The van der Waals surface area contributed by atoms with Gasteiger partial charge in [-0.2, -0.15) is 11.8 Å². The second-order valence-electron chi connectivity index (χ2n) is 3.67. The van der Waals surface area contributed by atoms with Gasteiger partial charge in [0.25, 0.3) is 0 Å². The number of thioether (sulfide) groups is 1. The van der Waals surface area contributed by atoms with E-state index in [4.69, 9.17) is 0 Å². The summed E-state index contributed by atoms with van der Waals surface area (Å²) >= 11 is 1.93. The molecule has 0 aliphatic carbocycles. The van der Waals surface area contributed by atoms with Crippen molar-refractivity contribution in [3.63, 3.8) is 0 Å². The Bertz CT molecular complexity index is 282. The first-order valence-corrected chi connectivity index (χ1v) is 6.03. The Hall–Kier alpha value is -0.540. The number of halogens is 1. The molecule has 2 rings (SSSR count). The van der Waals surface area contributed by atoms with Gasteiger partial charge in [0, 0.05) is 5.75 Å². The van der Waals surface area contributed by atoms with E-state index in [2.05, 4.69) is 5.32 Å². The highest BCUT2D eigenvalue weighted by atomic mass is 32.2. The lowest BCUT2D eigenvalue weighted by Crippen LogP contribution is -2.43. The van der Waals surface area contributed by atoms with E-state index in [1.165, 1.54) is 23.4 Å². The molecule has 1 nitrogen and oxygen atoms in total. The summed E-state index contributed by atoms with van der Waals surface area (Å²) in [5, 5.41) is 3.25. The standard InChI is InChI=1S/C11H14FNS/c12-11-3-1-9(2-4-11)7-14-8-10-5-13-6-10/h1-4,10,13H,5-8H2. The number of hydrogen-bond acceptors (Lipinski definition) is 2. The monoisotopic (exact) mass is 211 g/mol. The van der Waals surface area contributed by atoms with Crippen molar-refractivity contribution in [2.45, 2.75) is 5.75 Å². The van der Waals surface area contributed by atoms with Crippen molar-refractivity contribution >= 4 is 11.8 Å². The summed E-state index contributed by atoms with van der Waals surface area (Å²) in [7, 11) is 0. The molecule has 3 heteroatoms. The highest BCUT2D eigenvalue weighted by Gasteiger charge is 2.15. The summed E-state index contributed by atoms with van der Waals surface area (Å²) in [5.41, 5.74) is 1.21. The van der Waals surface area contributed by atoms with Gasteiger partial charge in [-0.25, -0.2) is 4.39 Å². The maximum atomic E-state index is 12.6. The SMILES string of the molecule is Fc1ccc(CSCC2CNC2)cc1. The number of nitrogens with one attached hydrogen (secondary N) is 1. The van der Waals surface area contributed by atoms with E-state index < -0.39 is 0 Å². The molecule has 14 heavy (non-hydrogen) atoms. The Balaban J connectivity index is 1.71. The average Bonchev–Trinajstić information content (AvgIpc) is 2.12. The third-order valence-corrected chi connectivity index (χ3v) is 3.65. The van der Waals surface area contributed by atoms with Crippen molar-refractivity contribution in [3.8, 4) is 0 Å². The third-order valence-electron chi connectivity index (χ3n) is 2.40. The molecule has 1 aromatic rings. The third kappa shape index (κ3) is 2.72. The van der Waals surface area contributed by atoms with Crippen LogP contribution >= 0.6 is 11.8 Å². The minimum absolute atomic E-state index is 0.151. The van der Waals surface area contributed by atoms with Gasteiger partial charge in [0.15, 0.2) is 0 Å². The van der Waals surface area contributed by atoms with E-state index in [-0.39, 0.29) is 5.82 Å². The maximum Gasteiger partial charge on any atom is 0.123 e. The number of benzene rings is 1. The van der Waals surface area contributed by atoms with E-state index in [9.17, 15) is 4.39 Å². The molecule has 76 valence electrons. The fourth-order valence-electron chi connectivity index (χ4n) is 1.39. The first-order valence-electron chi connectivity index (χ1n) is 4.87. The van der Waals surface area contributed by atoms with Crippen LogP contribution in [-0.4, -0.2) is 18.8 Å². The minimum Gasteiger partial charge on any atom is -0.316 e. The van der Waals surface area contributed by atoms with Gasteiger partial charge in [-0.05, 0) is 42.5 Å². The predicted molar refractivity (Wildman–Crippen MR) is 58.9 cm³/mol. The smallest absolute Gasteiger partial charge is 0.123 e. The summed E-state index contributed by atoms with van der Waals surface area (Å²) in [6.07, 6.45) is 0. The quantitative estimate of drug-likeness (QED) is 0.820. The van der Waals surface area contributed by atoms with Gasteiger partial charge in [-0.3, -0.25) is 0 Å². The molecule has 1 heterocycles. The largest absolute Gasteiger partial charge is 0.316 e. The number of rotatable bonds is 4. The average molecular weight is 211 g/mol. The molecule has 1 saturated heterocycles. The lowest BCUT2D eigenvalue weighted by molar-refractivity contribution is 0.385. The second kappa shape index (κ2) is 4.80. The Morgan fingerprint density at radius 3 is 2.57 bits per heavy atom. The van der Waals surface area contributed by atoms with Crippen LogP contribution in [0.15, 0.2) is 24.3 Å². The molecule has 0 atom stereocenters. The van der Waals surface area contributed by atoms with Crippen LogP contribution in [0.2, 0.25) is 0 Å². The summed E-state index contributed by atoms with van der Waals surface area (Å²) < 4.78 is 12.6. The summed E-state index contributed by atoms with van der Waals surface area (Å²) in [5.74, 6) is 2.91. The van der Waals surface area contributed by atoms with Crippen LogP contribution in [0, 0.1) is 11.7 Å². The Labute approximate surface area is 88.1 Å². The van der Waals surface area contributed by atoms with Crippen molar-refractivity contribution in [3.05, 3.63) is 35.6 Å². The van der Waals surface area contributed by atoms with Crippen LogP contribution in [0.3, 0.4) is 0 Å². The van der Waals surface area contributed by atoms with Gasteiger partial charge in [0.2, 0.25) is 0 Å². The normalized spacial score (nSPS) is 16.6. The fraction of sp³-hybridized carbons (Fsp3) is 0.455. The van der Waals surface area contributed by atoms with Crippen LogP contribution < -0.4 is 5.32 Å². The zero-order chi connectivity index (χ0) is 9.80. The molecule has 0 radical (unpaired) electrons. The summed E-state index contributed by atoms with van der Waals surface area (Å²) in [6.45, 7) is 2.33. The lowest BCUT2D eigenvalue weighted by Gasteiger charge is -2.26. The molecule has 1 N–H and O–H groups in total. The second-order valence-corrected chi connectivity index (χ2v) is 4.70. The van der Waals surface area contributed by atoms with Crippen LogP contribution in [-0.2, 0) is 5.75 Å². The van der Waals surface area contributed by atoms with Crippen LogP contribution in [0.4, 0.5) is 4.39 Å². The van der Waals surface area contributed by atoms with Crippen LogP contribution in [0.5, 0.6) is 0 Å². The molecule has 0 aromatic heterocycles. The highest BCUT2D eigenvalue weighted by molar-refractivity contribution is 7.98. The Morgan fingerprint density at radius 1 is 1.29 bits per heavy atom. The fourth-order valence-corrected chi connectivity index (χ4v) is 2.51. The van der Waals surface area contributed by atoms with E-state index in [1.807, 2.05) is 23.9 Å². The van der Waals surface area contributed by atoms with Gasteiger partial charge in [-0.1, -0.05) is 12.1 Å². The van der Waals surface area contributed by atoms with Gasteiger partial charge in [-0.15, -0.1) is 0 Å². The van der Waals surface area contributed by atoms with Gasteiger partial charge in [0.1, 0.15) is 5.82 Å². The van der Waals surface area contributed by atoms with Gasteiger partial charge < -0.3 is 5.32 Å². The van der Waals surface area contributed by atoms with E-state index in [0.29, 0.717) is 0 Å². The van der Waals surface area contributed by atoms with Crippen molar-refractivity contribution in [1.82, 2.24) is 5.32 Å². The van der Waals surface area contributed by atoms with Crippen molar-refractivity contribution in [2.24, 2.45) is 5.92 Å². The molecule has 0 amide bonds. The van der Waals surface area contributed by atoms with E-state index in [0.717, 1.165) is 24.8 Å². The zero-order valence-corrected chi connectivity index (χ0v) is 8.82. The van der Waals surface area contributed by atoms with Crippen molar-refractivity contribution in [2.75, 3.05) is 18.8 Å². The molecule has 0 saturated carbocycles. The van der Waals surface area contributed by atoms with Crippen LogP contribution in [0.25, 0.3) is 0 Å². The molecule has 0 spiro atoms. The lowest BCUT2D eigenvalue weighted by atomic mass is 10.1. The molecule has 1 aliphatic rings. The molecule has 1 fully saturated rings. The molecule has 1 aliphatic heterocycles. The summed E-state index contributed by atoms with van der Waals surface area (Å²) in [4.78, 5) is 0. The molecular formula is C11H14FNS.